The van der Waals surface area contributed by atoms with E-state index in [-0.39, 0.29) is 11.8 Å². The maximum atomic E-state index is 12.9. The zero-order chi connectivity index (χ0) is 19.5. The van der Waals surface area contributed by atoms with E-state index in [0.29, 0.717) is 35.2 Å². The van der Waals surface area contributed by atoms with Gasteiger partial charge in [0.15, 0.2) is 5.13 Å². The summed E-state index contributed by atoms with van der Waals surface area (Å²) in [5.41, 5.74) is 2.05. The van der Waals surface area contributed by atoms with E-state index in [4.69, 9.17) is 0 Å². The first-order chi connectivity index (χ1) is 13.7. The predicted octanol–water partition coefficient (Wildman–Crippen LogP) is 2.79. The minimum Gasteiger partial charge on any atom is -0.332 e. The summed E-state index contributed by atoms with van der Waals surface area (Å²) in [6, 6.07) is 5.18. The summed E-state index contributed by atoms with van der Waals surface area (Å²) in [6.45, 7) is 3.13. The number of fused-ring (bicyclic) bond motifs is 1. The molecule has 0 atom stereocenters. The number of anilines is 1. The quantitative estimate of drug-likeness (QED) is 0.689. The van der Waals surface area contributed by atoms with Crippen molar-refractivity contribution in [2.24, 2.45) is 0 Å². The second kappa shape index (κ2) is 8.11. The number of aromatic nitrogens is 4. The maximum Gasteiger partial charge on any atom is 0.276 e. The molecule has 0 unspecified atom stereocenters. The Morgan fingerprint density at radius 1 is 1.32 bits per heavy atom. The molecule has 144 valence electrons. The lowest BCUT2D eigenvalue weighted by Gasteiger charge is -2.25. The third-order valence-corrected chi connectivity index (χ3v) is 6.13. The van der Waals surface area contributed by atoms with Crippen LogP contribution in [-0.2, 0) is 19.4 Å². The number of rotatable bonds is 5. The van der Waals surface area contributed by atoms with Gasteiger partial charge in [-0.25, -0.2) is 4.98 Å². The van der Waals surface area contributed by atoms with Gasteiger partial charge in [0, 0.05) is 24.0 Å². The van der Waals surface area contributed by atoms with Gasteiger partial charge in [-0.05, 0) is 30.1 Å². The summed E-state index contributed by atoms with van der Waals surface area (Å²) in [6.07, 6.45) is 3.91. The van der Waals surface area contributed by atoms with E-state index in [1.807, 2.05) is 0 Å². The number of amides is 2. The van der Waals surface area contributed by atoms with Crippen molar-refractivity contribution in [2.75, 3.05) is 11.9 Å². The standard InChI is InChI=1S/C18H18N6O2S2/c1-2-5-12-15(28-23-22-12)17(26)24-9-7-11-14(10-24)27-18(20-11)21-16(25)13-6-3-4-8-19-13/h3-4,6,8H,2,5,7,9-10H2,1H3,(H,20,21,25). The number of nitrogens with one attached hydrogen (secondary N) is 1. The van der Waals surface area contributed by atoms with Gasteiger partial charge in [0.2, 0.25) is 0 Å². The minimum absolute atomic E-state index is 0.0310. The topological polar surface area (TPSA) is 101 Å². The van der Waals surface area contributed by atoms with E-state index in [0.717, 1.165) is 40.6 Å². The SMILES string of the molecule is CCCc1nnsc1C(=O)N1CCc2nc(NC(=O)c3ccccn3)sc2C1. The molecule has 0 aliphatic carbocycles. The fraction of sp³-hybridized carbons (Fsp3) is 0.333. The van der Waals surface area contributed by atoms with Gasteiger partial charge in [-0.1, -0.05) is 35.2 Å². The van der Waals surface area contributed by atoms with Crippen LogP contribution in [0.1, 0.15) is 49.8 Å². The number of nitrogens with zero attached hydrogens (tertiary/aromatic N) is 5. The molecular formula is C18H18N6O2S2. The lowest BCUT2D eigenvalue weighted by molar-refractivity contribution is 0.0739. The number of hydrogen-bond donors (Lipinski definition) is 1. The van der Waals surface area contributed by atoms with Crippen LogP contribution in [0.15, 0.2) is 24.4 Å². The molecular weight excluding hydrogens is 396 g/mol. The van der Waals surface area contributed by atoms with E-state index in [2.05, 4.69) is 31.8 Å². The number of pyridine rings is 1. The maximum absolute atomic E-state index is 12.9. The summed E-state index contributed by atoms with van der Waals surface area (Å²) >= 11 is 2.55. The van der Waals surface area contributed by atoms with Crippen molar-refractivity contribution in [3.63, 3.8) is 0 Å². The molecule has 0 radical (unpaired) electrons. The molecule has 0 fully saturated rings. The number of aryl methyl sites for hydroxylation is 1. The average Bonchev–Trinajstić information content (AvgIpc) is 3.34. The smallest absolute Gasteiger partial charge is 0.276 e. The molecule has 28 heavy (non-hydrogen) atoms. The lowest BCUT2D eigenvalue weighted by Crippen LogP contribution is -2.35. The molecule has 4 rings (SSSR count). The first-order valence-corrected chi connectivity index (χ1v) is 10.6. The Hall–Kier alpha value is -2.72. The number of hydrogen-bond acceptors (Lipinski definition) is 8. The largest absolute Gasteiger partial charge is 0.332 e. The van der Waals surface area contributed by atoms with Crippen LogP contribution in [0.4, 0.5) is 5.13 Å². The monoisotopic (exact) mass is 414 g/mol. The zero-order valence-corrected chi connectivity index (χ0v) is 16.8. The molecule has 2 amide bonds. The molecule has 1 aliphatic rings. The van der Waals surface area contributed by atoms with Crippen molar-refractivity contribution < 1.29 is 9.59 Å². The van der Waals surface area contributed by atoms with Crippen molar-refractivity contribution in [1.29, 1.82) is 0 Å². The second-order valence-electron chi connectivity index (χ2n) is 6.33. The Morgan fingerprint density at radius 2 is 2.21 bits per heavy atom. The molecule has 0 aromatic carbocycles. The van der Waals surface area contributed by atoms with Gasteiger partial charge in [-0.15, -0.1) is 5.10 Å². The summed E-state index contributed by atoms with van der Waals surface area (Å²) in [5.74, 6) is -0.323. The Bertz CT molecular complexity index is 1000. The van der Waals surface area contributed by atoms with Crippen molar-refractivity contribution in [2.45, 2.75) is 32.7 Å². The summed E-state index contributed by atoms with van der Waals surface area (Å²) in [7, 11) is 0. The van der Waals surface area contributed by atoms with Gasteiger partial charge in [0.05, 0.1) is 17.9 Å². The van der Waals surface area contributed by atoms with E-state index in [9.17, 15) is 9.59 Å². The molecule has 0 saturated carbocycles. The van der Waals surface area contributed by atoms with Gasteiger partial charge in [0.25, 0.3) is 11.8 Å². The van der Waals surface area contributed by atoms with Crippen LogP contribution in [0.25, 0.3) is 0 Å². The van der Waals surface area contributed by atoms with Gasteiger partial charge in [-0.2, -0.15) is 0 Å². The molecule has 4 heterocycles. The van der Waals surface area contributed by atoms with Crippen molar-refractivity contribution in [3.05, 3.63) is 51.2 Å². The molecule has 0 bridgehead atoms. The van der Waals surface area contributed by atoms with Crippen LogP contribution < -0.4 is 5.32 Å². The van der Waals surface area contributed by atoms with E-state index < -0.39 is 0 Å². The number of carbonyl (C=O) groups excluding carboxylic acids is 2. The highest BCUT2D eigenvalue weighted by atomic mass is 32.1. The molecule has 3 aromatic heterocycles. The first-order valence-electron chi connectivity index (χ1n) is 8.97. The third-order valence-electron chi connectivity index (χ3n) is 4.37. The van der Waals surface area contributed by atoms with Crippen LogP contribution in [0.3, 0.4) is 0 Å². The molecule has 1 aliphatic heterocycles. The van der Waals surface area contributed by atoms with Crippen LogP contribution in [0.5, 0.6) is 0 Å². The van der Waals surface area contributed by atoms with Crippen molar-refractivity contribution in [1.82, 2.24) is 24.5 Å². The highest BCUT2D eigenvalue weighted by molar-refractivity contribution is 7.16. The van der Waals surface area contributed by atoms with Gasteiger partial charge >= 0.3 is 0 Å². The fourth-order valence-electron chi connectivity index (χ4n) is 3.00. The summed E-state index contributed by atoms with van der Waals surface area (Å²) in [5, 5.41) is 7.42. The highest BCUT2D eigenvalue weighted by Gasteiger charge is 2.28. The van der Waals surface area contributed by atoms with Crippen molar-refractivity contribution >= 4 is 39.8 Å². The number of carbonyl (C=O) groups is 2. The normalized spacial score (nSPS) is 13.2. The predicted molar refractivity (Wildman–Crippen MR) is 107 cm³/mol. The van der Waals surface area contributed by atoms with E-state index in [1.165, 1.54) is 11.3 Å². The molecule has 8 nitrogen and oxygen atoms in total. The zero-order valence-electron chi connectivity index (χ0n) is 15.2. The average molecular weight is 415 g/mol. The van der Waals surface area contributed by atoms with Crippen molar-refractivity contribution in [3.8, 4) is 0 Å². The molecule has 0 spiro atoms. The molecule has 0 saturated heterocycles. The first kappa shape index (κ1) is 18.6. The minimum atomic E-state index is -0.292. The second-order valence-corrected chi connectivity index (χ2v) is 8.17. The van der Waals surface area contributed by atoms with E-state index in [1.54, 1.807) is 29.3 Å². The summed E-state index contributed by atoms with van der Waals surface area (Å²) in [4.78, 5) is 37.2. The Morgan fingerprint density at radius 3 is 3.00 bits per heavy atom. The summed E-state index contributed by atoms with van der Waals surface area (Å²) < 4.78 is 3.95. The van der Waals surface area contributed by atoms with Gasteiger partial charge < -0.3 is 4.90 Å². The Kier molecular flexibility index (Phi) is 5.40. The van der Waals surface area contributed by atoms with Gasteiger partial charge in [-0.3, -0.25) is 19.9 Å². The van der Waals surface area contributed by atoms with Gasteiger partial charge in [0.1, 0.15) is 10.6 Å². The van der Waals surface area contributed by atoms with Crippen LogP contribution in [-0.4, -0.2) is 42.8 Å². The van der Waals surface area contributed by atoms with Crippen LogP contribution >= 0.6 is 22.9 Å². The lowest BCUT2D eigenvalue weighted by atomic mass is 10.1. The molecule has 3 aromatic rings. The number of thiazole rings is 1. The Labute approximate surface area is 169 Å². The fourth-order valence-corrected chi connectivity index (χ4v) is 4.69. The molecule has 1 N–H and O–H groups in total. The van der Waals surface area contributed by atoms with Crippen LogP contribution in [0.2, 0.25) is 0 Å². The third kappa shape index (κ3) is 3.78. The molecule has 10 heteroatoms. The van der Waals surface area contributed by atoms with E-state index >= 15 is 0 Å². The Balaban J connectivity index is 1.46. The highest BCUT2D eigenvalue weighted by Crippen LogP contribution is 2.30. The van der Waals surface area contributed by atoms with Crippen LogP contribution in [0, 0.1) is 0 Å².